The van der Waals surface area contributed by atoms with Crippen LogP contribution in [0.1, 0.15) is 24.3 Å². The zero-order chi connectivity index (χ0) is 14.9. The van der Waals surface area contributed by atoms with Crippen molar-refractivity contribution < 1.29 is 13.9 Å². The summed E-state index contributed by atoms with van der Waals surface area (Å²) >= 11 is 6.00. The minimum Gasteiger partial charge on any atom is -0.467 e. The second-order valence-electron chi connectivity index (χ2n) is 5.05. The zero-order valence-corrected chi connectivity index (χ0v) is 12.3. The van der Waals surface area contributed by atoms with Crippen molar-refractivity contribution >= 4 is 17.5 Å². The summed E-state index contributed by atoms with van der Waals surface area (Å²) in [5.41, 5.74) is 0.499. The Bertz CT molecular complexity index is 664. The van der Waals surface area contributed by atoms with E-state index in [1.807, 2.05) is 18.2 Å². The number of rotatable bonds is 5. The molecule has 0 spiro atoms. The molecule has 5 nitrogen and oxygen atoms in total. The van der Waals surface area contributed by atoms with Gasteiger partial charge in [-0.2, -0.15) is 0 Å². The van der Waals surface area contributed by atoms with Crippen molar-refractivity contribution in [2.45, 2.75) is 24.8 Å². The molecule has 6 heteroatoms. The Kier molecular flexibility index (Phi) is 3.59. The molecule has 0 unspecified atom stereocenters. The standard InChI is InChI=1S/C15H15ClN2O3/c1-20-13-9-17-12(21-13)8-18-14(19)15(5-6-15)10-3-2-4-11(16)7-10/h2-4,7,9H,5-6,8H2,1H3,(H,18,19). The van der Waals surface area contributed by atoms with E-state index < -0.39 is 5.41 Å². The molecule has 1 N–H and O–H groups in total. The van der Waals surface area contributed by atoms with Crippen LogP contribution in [0.3, 0.4) is 0 Å². The molecule has 0 atom stereocenters. The first kappa shape index (κ1) is 13.9. The summed E-state index contributed by atoms with van der Waals surface area (Å²) < 4.78 is 10.2. The Hall–Kier alpha value is -2.01. The maximum atomic E-state index is 12.4. The number of nitrogens with one attached hydrogen (secondary N) is 1. The van der Waals surface area contributed by atoms with E-state index in [-0.39, 0.29) is 12.5 Å². The number of benzene rings is 1. The number of carbonyl (C=O) groups excluding carboxylic acids is 1. The minimum absolute atomic E-state index is 0.0260. The smallest absolute Gasteiger partial charge is 0.304 e. The highest BCUT2D eigenvalue weighted by Crippen LogP contribution is 2.48. The highest BCUT2D eigenvalue weighted by Gasteiger charge is 2.51. The van der Waals surface area contributed by atoms with E-state index >= 15 is 0 Å². The Morgan fingerprint density at radius 1 is 1.52 bits per heavy atom. The first-order valence-electron chi connectivity index (χ1n) is 6.67. The lowest BCUT2D eigenvalue weighted by Crippen LogP contribution is -2.34. The highest BCUT2D eigenvalue weighted by molar-refractivity contribution is 6.30. The fraction of sp³-hybridized carbons (Fsp3) is 0.333. The largest absolute Gasteiger partial charge is 0.467 e. The van der Waals surface area contributed by atoms with Gasteiger partial charge in [0.05, 0.1) is 19.1 Å². The molecule has 1 heterocycles. The topological polar surface area (TPSA) is 64.4 Å². The van der Waals surface area contributed by atoms with Gasteiger partial charge in [0, 0.05) is 5.02 Å². The van der Waals surface area contributed by atoms with Crippen LogP contribution in [-0.4, -0.2) is 18.0 Å². The van der Waals surface area contributed by atoms with Gasteiger partial charge in [-0.05, 0) is 30.5 Å². The SMILES string of the molecule is COc1cnc(CNC(=O)C2(c3cccc(Cl)c3)CC2)o1. The lowest BCUT2D eigenvalue weighted by atomic mass is 9.95. The number of halogens is 1. The highest BCUT2D eigenvalue weighted by atomic mass is 35.5. The molecule has 0 radical (unpaired) electrons. The molecule has 0 aliphatic heterocycles. The van der Waals surface area contributed by atoms with E-state index in [9.17, 15) is 4.79 Å². The second kappa shape index (κ2) is 5.41. The third-order valence-electron chi connectivity index (χ3n) is 3.70. The van der Waals surface area contributed by atoms with Crippen molar-refractivity contribution in [1.29, 1.82) is 0 Å². The number of methoxy groups -OCH3 is 1. The molecular formula is C15H15ClN2O3. The normalized spacial score (nSPS) is 15.5. The van der Waals surface area contributed by atoms with Crippen LogP contribution in [-0.2, 0) is 16.8 Å². The summed E-state index contributed by atoms with van der Waals surface area (Å²) in [7, 11) is 1.50. The van der Waals surface area contributed by atoms with Crippen molar-refractivity contribution in [2.75, 3.05) is 7.11 Å². The van der Waals surface area contributed by atoms with Crippen LogP contribution < -0.4 is 10.1 Å². The van der Waals surface area contributed by atoms with E-state index in [1.165, 1.54) is 13.3 Å². The molecule has 0 bridgehead atoms. The maximum Gasteiger partial charge on any atom is 0.304 e. The fourth-order valence-corrected chi connectivity index (χ4v) is 2.54. The molecule has 1 aliphatic carbocycles. The molecule has 1 amide bonds. The van der Waals surface area contributed by atoms with Crippen LogP contribution in [0.4, 0.5) is 0 Å². The predicted octanol–water partition coefficient (Wildman–Crippen LogP) is 2.68. The first-order valence-corrected chi connectivity index (χ1v) is 7.05. The number of aromatic nitrogens is 1. The predicted molar refractivity (Wildman–Crippen MR) is 77.3 cm³/mol. The van der Waals surface area contributed by atoms with Gasteiger partial charge in [0.25, 0.3) is 0 Å². The van der Waals surface area contributed by atoms with Crippen molar-refractivity contribution in [1.82, 2.24) is 10.3 Å². The number of amides is 1. The summed E-state index contributed by atoms with van der Waals surface area (Å²) in [6.45, 7) is 0.241. The summed E-state index contributed by atoms with van der Waals surface area (Å²) in [6, 6.07) is 7.46. The molecule has 1 saturated carbocycles. The lowest BCUT2D eigenvalue weighted by Gasteiger charge is -2.15. The van der Waals surface area contributed by atoms with Crippen molar-refractivity contribution in [2.24, 2.45) is 0 Å². The van der Waals surface area contributed by atoms with E-state index in [0.717, 1.165) is 18.4 Å². The first-order chi connectivity index (χ1) is 10.1. The van der Waals surface area contributed by atoms with Crippen molar-refractivity contribution in [3.8, 4) is 5.95 Å². The zero-order valence-electron chi connectivity index (χ0n) is 11.6. The summed E-state index contributed by atoms with van der Waals surface area (Å²) in [5, 5.41) is 3.51. The Morgan fingerprint density at radius 3 is 2.95 bits per heavy atom. The molecule has 1 aliphatic rings. The van der Waals surface area contributed by atoms with Gasteiger partial charge in [-0.15, -0.1) is 0 Å². The number of ether oxygens (including phenoxy) is 1. The van der Waals surface area contributed by atoms with Crippen LogP contribution in [0.15, 0.2) is 34.9 Å². The maximum absolute atomic E-state index is 12.4. The second-order valence-corrected chi connectivity index (χ2v) is 5.49. The van der Waals surface area contributed by atoms with Crippen molar-refractivity contribution in [3.05, 3.63) is 46.9 Å². The van der Waals surface area contributed by atoms with E-state index in [1.54, 1.807) is 6.07 Å². The number of carbonyl (C=O) groups is 1. The van der Waals surface area contributed by atoms with Gasteiger partial charge in [-0.3, -0.25) is 4.79 Å². The minimum atomic E-state index is -0.457. The van der Waals surface area contributed by atoms with Crippen molar-refractivity contribution in [3.63, 3.8) is 0 Å². The van der Waals surface area contributed by atoms with Crippen LogP contribution in [0.5, 0.6) is 5.95 Å². The summed E-state index contributed by atoms with van der Waals surface area (Å²) in [5.74, 6) is 0.722. The van der Waals surface area contributed by atoms with Gasteiger partial charge in [-0.1, -0.05) is 23.7 Å². The van der Waals surface area contributed by atoms with Gasteiger partial charge < -0.3 is 14.5 Å². The van der Waals surface area contributed by atoms with Crippen LogP contribution in [0, 0.1) is 0 Å². The van der Waals surface area contributed by atoms with E-state index in [0.29, 0.717) is 16.9 Å². The van der Waals surface area contributed by atoms with Gasteiger partial charge in [-0.25, -0.2) is 4.98 Å². The molecule has 2 aromatic rings. The third-order valence-corrected chi connectivity index (χ3v) is 3.93. The van der Waals surface area contributed by atoms with Crippen LogP contribution in [0.2, 0.25) is 5.02 Å². The average molecular weight is 307 g/mol. The Labute approximate surface area is 127 Å². The molecule has 3 rings (SSSR count). The number of hydrogen-bond acceptors (Lipinski definition) is 4. The number of oxazole rings is 1. The molecule has 0 saturated heterocycles. The molecule has 1 aromatic carbocycles. The molecular weight excluding hydrogens is 292 g/mol. The quantitative estimate of drug-likeness (QED) is 0.922. The molecule has 1 aromatic heterocycles. The van der Waals surface area contributed by atoms with E-state index in [2.05, 4.69) is 10.3 Å². The molecule has 1 fully saturated rings. The number of nitrogens with zero attached hydrogens (tertiary/aromatic N) is 1. The average Bonchev–Trinajstić information content (AvgIpc) is 3.18. The Morgan fingerprint density at radius 2 is 2.33 bits per heavy atom. The Balaban J connectivity index is 1.67. The molecule has 110 valence electrons. The summed E-state index contributed by atoms with van der Waals surface area (Å²) in [4.78, 5) is 16.5. The van der Waals surface area contributed by atoms with E-state index in [4.69, 9.17) is 20.8 Å². The van der Waals surface area contributed by atoms with Gasteiger partial charge in [0.1, 0.15) is 6.20 Å². The third kappa shape index (κ3) is 2.74. The van der Waals surface area contributed by atoms with Gasteiger partial charge in [0.15, 0.2) is 0 Å². The van der Waals surface area contributed by atoms with Gasteiger partial charge >= 0.3 is 5.95 Å². The molecule has 21 heavy (non-hydrogen) atoms. The van der Waals surface area contributed by atoms with Crippen LogP contribution >= 0.6 is 11.6 Å². The van der Waals surface area contributed by atoms with Gasteiger partial charge in [0.2, 0.25) is 11.8 Å². The monoisotopic (exact) mass is 306 g/mol. The fourth-order valence-electron chi connectivity index (χ4n) is 2.35. The lowest BCUT2D eigenvalue weighted by molar-refractivity contribution is -0.123. The number of hydrogen-bond donors (Lipinski definition) is 1. The van der Waals surface area contributed by atoms with Crippen LogP contribution in [0.25, 0.3) is 0 Å². The summed E-state index contributed by atoms with van der Waals surface area (Å²) in [6.07, 6.45) is 3.13.